The van der Waals surface area contributed by atoms with Gasteiger partial charge in [-0.2, -0.15) is 0 Å². The molecule has 0 aromatic carbocycles. The molecule has 0 aliphatic carbocycles. The molecule has 2 heterocycles. The van der Waals surface area contributed by atoms with Crippen molar-refractivity contribution in [1.29, 1.82) is 0 Å². The van der Waals surface area contributed by atoms with Gasteiger partial charge in [-0.1, -0.05) is 0 Å². The molecule has 0 saturated heterocycles. The molecule has 2 N–H and O–H groups in total. The number of allylic oxidation sites excluding steroid dienone is 1. The number of hydrogen-bond acceptors (Lipinski definition) is 5. The summed E-state index contributed by atoms with van der Waals surface area (Å²) >= 11 is 1.58. The van der Waals surface area contributed by atoms with Crippen molar-refractivity contribution < 1.29 is 4.42 Å². The summed E-state index contributed by atoms with van der Waals surface area (Å²) in [4.78, 5) is 12.2. The van der Waals surface area contributed by atoms with Crippen molar-refractivity contribution in [2.75, 3.05) is 0 Å². The maximum Gasteiger partial charge on any atom is 0.196 e. The molecule has 0 saturated carbocycles. The van der Waals surface area contributed by atoms with E-state index in [1.54, 1.807) is 29.7 Å². The lowest BCUT2D eigenvalue weighted by atomic mass is 10.4. The largest absolute Gasteiger partial charge is 0.458 e. The third-order valence-corrected chi connectivity index (χ3v) is 3.12. The highest BCUT2D eigenvalue weighted by atomic mass is 32.1. The molecule has 0 spiro atoms. The Morgan fingerprint density at radius 3 is 3.00 bits per heavy atom. The average Bonchev–Trinajstić information content (AvgIpc) is 3.04. The lowest BCUT2D eigenvalue weighted by Gasteiger charge is -1.97. The van der Waals surface area contributed by atoms with Crippen LogP contribution in [0.3, 0.4) is 0 Å². The fourth-order valence-corrected chi connectivity index (χ4v) is 2.02. The highest BCUT2D eigenvalue weighted by Gasteiger charge is 2.06. The number of aryl methyl sites for hydroxylation is 1. The molecule has 2 aromatic heterocycles. The van der Waals surface area contributed by atoms with E-state index >= 15 is 0 Å². The van der Waals surface area contributed by atoms with Crippen molar-refractivity contribution in [3.05, 3.63) is 52.1 Å². The quantitative estimate of drug-likeness (QED) is 0.687. The van der Waals surface area contributed by atoms with E-state index in [4.69, 9.17) is 10.2 Å². The number of nitrogens with two attached hydrogens (primary N) is 1. The van der Waals surface area contributed by atoms with Crippen molar-refractivity contribution in [2.45, 2.75) is 13.3 Å². The van der Waals surface area contributed by atoms with Gasteiger partial charge in [-0.25, -0.2) is 15.0 Å². The predicted octanol–water partition coefficient (Wildman–Crippen LogP) is 2.53. The molecule has 0 radical (unpaired) electrons. The van der Waals surface area contributed by atoms with Crippen LogP contribution in [0, 0.1) is 6.92 Å². The number of furan rings is 1. The van der Waals surface area contributed by atoms with Crippen molar-refractivity contribution in [1.82, 2.24) is 4.98 Å². The summed E-state index contributed by atoms with van der Waals surface area (Å²) in [6.07, 6.45) is 4.20. The van der Waals surface area contributed by atoms with Crippen LogP contribution in [0.4, 0.5) is 0 Å². The maximum atomic E-state index is 5.83. The zero-order valence-corrected chi connectivity index (χ0v) is 11.4. The lowest BCUT2D eigenvalue weighted by molar-refractivity contribution is 0.525. The van der Waals surface area contributed by atoms with Gasteiger partial charge >= 0.3 is 0 Å². The molecule has 0 aliphatic rings. The summed E-state index contributed by atoms with van der Waals surface area (Å²) < 4.78 is 5.43. The van der Waals surface area contributed by atoms with Gasteiger partial charge in [-0.05, 0) is 31.9 Å². The van der Waals surface area contributed by atoms with Crippen LogP contribution in [0.2, 0.25) is 0 Å². The van der Waals surface area contributed by atoms with Crippen LogP contribution < -0.4 is 5.73 Å². The van der Waals surface area contributed by atoms with Gasteiger partial charge in [0.05, 0.1) is 5.01 Å². The minimum absolute atomic E-state index is 0.367. The van der Waals surface area contributed by atoms with Crippen molar-refractivity contribution in [3.8, 4) is 0 Å². The fourth-order valence-electron chi connectivity index (χ4n) is 1.44. The predicted molar refractivity (Wildman–Crippen MR) is 77.6 cm³/mol. The Labute approximate surface area is 115 Å². The van der Waals surface area contributed by atoms with Crippen LogP contribution in [0.5, 0.6) is 0 Å². The van der Waals surface area contributed by atoms with E-state index in [-0.39, 0.29) is 0 Å². The second-order valence-corrected chi connectivity index (χ2v) is 4.74. The molecule has 0 atom stereocenters. The number of aromatic nitrogens is 1. The normalized spacial score (nSPS) is 12.7. The SMILES string of the molecule is C=N/C(=N\C(N)=C/Cc1nccs1)c1ccc(C)o1. The first-order chi connectivity index (χ1) is 9.19. The molecule has 98 valence electrons. The molecule has 5 nitrogen and oxygen atoms in total. The van der Waals surface area contributed by atoms with E-state index in [9.17, 15) is 0 Å². The Bertz CT molecular complexity index is 610. The molecule has 0 amide bonds. The van der Waals surface area contributed by atoms with Crippen LogP contribution in [0.25, 0.3) is 0 Å². The van der Waals surface area contributed by atoms with Gasteiger partial charge in [0, 0.05) is 18.0 Å². The number of rotatable bonds is 4. The summed E-state index contributed by atoms with van der Waals surface area (Å²) in [6.45, 7) is 5.33. The van der Waals surface area contributed by atoms with E-state index in [2.05, 4.69) is 21.7 Å². The second kappa shape index (κ2) is 6.10. The Kier molecular flexibility index (Phi) is 4.25. The highest BCUT2D eigenvalue weighted by molar-refractivity contribution is 7.09. The third-order valence-electron chi connectivity index (χ3n) is 2.31. The topological polar surface area (TPSA) is 76.8 Å². The third kappa shape index (κ3) is 3.62. The highest BCUT2D eigenvalue weighted by Crippen LogP contribution is 2.10. The second-order valence-electron chi connectivity index (χ2n) is 3.76. The van der Waals surface area contributed by atoms with E-state index < -0.39 is 0 Å². The van der Waals surface area contributed by atoms with Gasteiger partial charge < -0.3 is 10.2 Å². The van der Waals surface area contributed by atoms with Gasteiger partial charge in [-0.15, -0.1) is 11.3 Å². The minimum Gasteiger partial charge on any atom is -0.458 e. The van der Waals surface area contributed by atoms with Crippen molar-refractivity contribution in [3.63, 3.8) is 0 Å². The first kappa shape index (κ1) is 13.2. The first-order valence-electron chi connectivity index (χ1n) is 5.65. The first-order valence-corrected chi connectivity index (χ1v) is 6.53. The zero-order valence-electron chi connectivity index (χ0n) is 10.5. The van der Waals surface area contributed by atoms with Gasteiger partial charge in [0.25, 0.3) is 0 Å². The van der Waals surface area contributed by atoms with Crippen LogP contribution in [-0.2, 0) is 6.42 Å². The van der Waals surface area contributed by atoms with Crippen molar-refractivity contribution in [2.24, 2.45) is 15.7 Å². The molecule has 19 heavy (non-hydrogen) atoms. The van der Waals surface area contributed by atoms with E-state index in [1.165, 1.54) is 0 Å². The molecule has 0 bridgehead atoms. The summed E-state index contributed by atoms with van der Waals surface area (Å²) in [7, 11) is 0. The van der Waals surface area contributed by atoms with E-state index in [0.717, 1.165) is 10.8 Å². The minimum atomic E-state index is 0.367. The van der Waals surface area contributed by atoms with Crippen LogP contribution in [0.1, 0.15) is 16.5 Å². The molecule has 0 aliphatic heterocycles. The Balaban J connectivity index is 2.13. The summed E-state index contributed by atoms with van der Waals surface area (Å²) in [6, 6.07) is 3.63. The van der Waals surface area contributed by atoms with Crippen LogP contribution in [0.15, 0.2) is 50.0 Å². The molecule has 2 aromatic rings. The molecule has 0 unspecified atom stereocenters. The average molecular weight is 274 g/mol. The number of hydrogen-bond donors (Lipinski definition) is 1. The standard InChI is InChI=1S/C13H14N4OS/c1-9-3-4-10(18-9)13(15-2)17-11(14)5-6-12-16-7-8-19-12/h3-5,7-8H,2,6,14H2,1H3/b11-5-,17-13-. The van der Waals surface area contributed by atoms with Gasteiger partial charge in [0.2, 0.25) is 0 Å². The smallest absolute Gasteiger partial charge is 0.196 e. The van der Waals surface area contributed by atoms with E-state index in [1.807, 2.05) is 18.4 Å². The molecule has 2 rings (SSSR count). The molecular formula is C13H14N4OS. The van der Waals surface area contributed by atoms with Crippen molar-refractivity contribution >= 4 is 23.9 Å². The maximum absolute atomic E-state index is 5.83. The fraction of sp³-hybridized carbons (Fsp3) is 0.154. The monoisotopic (exact) mass is 274 g/mol. The Hall–Kier alpha value is -2.21. The number of aliphatic imine (C=N–C) groups is 2. The number of nitrogens with zero attached hydrogens (tertiary/aromatic N) is 3. The van der Waals surface area contributed by atoms with Gasteiger partial charge in [0.15, 0.2) is 11.6 Å². The number of amidine groups is 1. The Morgan fingerprint density at radius 2 is 2.42 bits per heavy atom. The lowest BCUT2D eigenvalue weighted by Crippen LogP contribution is -2.01. The summed E-state index contributed by atoms with van der Waals surface area (Å²) in [5, 5.41) is 2.91. The molecule has 6 heteroatoms. The molecule has 0 fully saturated rings. The van der Waals surface area contributed by atoms with Crippen LogP contribution in [-0.4, -0.2) is 17.5 Å². The zero-order chi connectivity index (χ0) is 13.7. The summed E-state index contributed by atoms with van der Waals surface area (Å²) in [5.41, 5.74) is 5.83. The summed E-state index contributed by atoms with van der Waals surface area (Å²) in [5.74, 6) is 2.09. The van der Waals surface area contributed by atoms with Crippen LogP contribution >= 0.6 is 11.3 Å². The van der Waals surface area contributed by atoms with Gasteiger partial charge in [-0.3, -0.25) is 0 Å². The Morgan fingerprint density at radius 1 is 1.58 bits per heavy atom. The number of thiazole rings is 1. The molecular weight excluding hydrogens is 260 g/mol. The van der Waals surface area contributed by atoms with Gasteiger partial charge in [0.1, 0.15) is 11.6 Å². The van der Waals surface area contributed by atoms with E-state index in [0.29, 0.717) is 23.8 Å².